The quantitative estimate of drug-likeness (QED) is 0.150. The average molecular weight is 729 g/mol. The van der Waals surface area contributed by atoms with Crippen molar-refractivity contribution in [3.63, 3.8) is 0 Å². The summed E-state index contributed by atoms with van der Waals surface area (Å²) in [6.45, 7) is 4.45. The van der Waals surface area contributed by atoms with Gasteiger partial charge in [0, 0.05) is 30.7 Å². The fourth-order valence-corrected chi connectivity index (χ4v) is 7.30. The number of nitrogens with zero attached hydrogens (tertiary/aromatic N) is 6. The number of aromatic nitrogens is 6. The summed E-state index contributed by atoms with van der Waals surface area (Å²) >= 11 is 5.94. The zero-order chi connectivity index (χ0) is 35.0. The van der Waals surface area contributed by atoms with Crippen LogP contribution in [0.1, 0.15) is 54.9 Å². The highest BCUT2D eigenvalue weighted by molar-refractivity contribution is 6.30. The van der Waals surface area contributed by atoms with Crippen molar-refractivity contribution in [2.45, 2.75) is 62.4 Å². The van der Waals surface area contributed by atoms with Crippen LogP contribution < -0.4 is 9.47 Å². The molecule has 0 saturated carbocycles. The van der Waals surface area contributed by atoms with E-state index in [-0.39, 0.29) is 39.5 Å². The Morgan fingerprint density at radius 2 is 1.80 bits per heavy atom. The molecule has 1 N–H and O–H groups in total. The van der Waals surface area contributed by atoms with Crippen molar-refractivity contribution in [1.29, 1.82) is 0 Å². The Hall–Kier alpha value is -4.12. The minimum Gasteiger partial charge on any atom is -0.444 e. The van der Waals surface area contributed by atoms with E-state index in [4.69, 9.17) is 30.8 Å². The topological polar surface area (TPSA) is 103 Å². The van der Waals surface area contributed by atoms with Gasteiger partial charge >= 0.3 is 6.18 Å². The van der Waals surface area contributed by atoms with Crippen molar-refractivity contribution in [3.8, 4) is 23.0 Å². The standard InChI is InChI=1S/C33H28ClF5N7O3Si/c1-31(20-4-2-18(34)12-22(20)36)48-27-19(3-5-21(35)28(27)49-31)17-6-9-45(10-7-17)15-26-41-23-13-24(29-42-30(44-43-29)33(37,38)39)40-14-25(23)46(26)16-32(50)8-11-47-32/h2-5,12-14,17H,6-11,15-16H2,1H3,(H,42,43,44)/t31?,32-/m1/s1. The van der Waals surface area contributed by atoms with Gasteiger partial charge in [0.1, 0.15) is 17.3 Å². The van der Waals surface area contributed by atoms with Gasteiger partial charge in [0.2, 0.25) is 11.6 Å². The number of hydrogen-bond donors (Lipinski definition) is 1. The van der Waals surface area contributed by atoms with Crippen LogP contribution in [0.2, 0.25) is 5.02 Å². The van der Waals surface area contributed by atoms with Gasteiger partial charge in [0.05, 0.1) is 44.8 Å². The summed E-state index contributed by atoms with van der Waals surface area (Å²) < 4.78 is 89.2. The third-order valence-electron chi connectivity index (χ3n) is 9.50. The lowest BCUT2D eigenvalue weighted by Crippen LogP contribution is -2.48. The van der Waals surface area contributed by atoms with Gasteiger partial charge in [-0.1, -0.05) is 17.7 Å². The normalized spacial score (nSPS) is 22.7. The van der Waals surface area contributed by atoms with Crippen LogP contribution in [0.5, 0.6) is 11.5 Å². The number of ether oxygens (including phenoxy) is 3. The van der Waals surface area contributed by atoms with Gasteiger partial charge in [0.25, 0.3) is 5.79 Å². The number of hydrogen-bond acceptors (Lipinski definition) is 8. The second-order valence-electron chi connectivity index (χ2n) is 12.9. The van der Waals surface area contributed by atoms with Gasteiger partial charge in [-0.3, -0.25) is 15.0 Å². The summed E-state index contributed by atoms with van der Waals surface area (Å²) in [6, 6.07) is 8.78. The minimum atomic E-state index is -4.67. The molecule has 3 radical (unpaired) electrons. The Labute approximate surface area is 290 Å². The van der Waals surface area contributed by atoms with Crippen molar-refractivity contribution in [1.82, 2.24) is 34.6 Å². The maximum atomic E-state index is 15.0. The molecule has 3 aliphatic heterocycles. The lowest BCUT2D eigenvalue weighted by Gasteiger charge is -2.39. The largest absolute Gasteiger partial charge is 0.451 e. The molecule has 0 aliphatic carbocycles. The molecule has 0 amide bonds. The highest BCUT2D eigenvalue weighted by atomic mass is 35.5. The van der Waals surface area contributed by atoms with E-state index in [0.29, 0.717) is 43.8 Å². The zero-order valence-corrected chi connectivity index (χ0v) is 28.2. The van der Waals surface area contributed by atoms with Crippen molar-refractivity contribution >= 4 is 32.9 Å². The first-order valence-electron chi connectivity index (χ1n) is 15.9. The highest BCUT2D eigenvalue weighted by Crippen LogP contribution is 2.51. The summed E-state index contributed by atoms with van der Waals surface area (Å²) in [5.41, 5.74) is 2.27. The fraction of sp³-hybridized carbons (Fsp3) is 0.394. The first-order valence-corrected chi connectivity index (χ1v) is 16.8. The number of nitrogens with one attached hydrogen (secondary N) is 1. The molecule has 10 nitrogen and oxygen atoms in total. The summed E-state index contributed by atoms with van der Waals surface area (Å²) in [6.07, 6.45) is -0.881. The molecule has 6 heterocycles. The molecule has 3 aliphatic rings. The highest BCUT2D eigenvalue weighted by Gasteiger charge is 2.45. The number of likely N-dealkylation sites (tertiary alicyclic amines) is 1. The molecule has 0 spiro atoms. The maximum Gasteiger partial charge on any atom is 0.451 e. The molecule has 50 heavy (non-hydrogen) atoms. The number of fused-ring (bicyclic) bond motifs is 2. The summed E-state index contributed by atoms with van der Waals surface area (Å²) in [5, 5.41) is 5.27. The number of piperidine rings is 1. The lowest BCUT2D eigenvalue weighted by molar-refractivity contribution is -0.144. The predicted octanol–water partition coefficient (Wildman–Crippen LogP) is 6.48. The van der Waals surface area contributed by atoms with Gasteiger partial charge in [0.15, 0.2) is 17.4 Å². The van der Waals surface area contributed by atoms with Gasteiger partial charge in [-0.2, -0.15) is 18.3 Å². The van der Waals surface area contributed by atoms with Gasteiger partial charge in [-0.15, -0.1) is 0 Å². The van der Waals surface area contributed by atoms with Crippen molar-refractivity contribution < 1.29 is 36.2 Å². The van der Waals surface area contributed by atoms with E-state index in [1.165, 1.54) is 18.2 Å². The molecule has 2 atom stereocenters. The number of alkyl halides is 3. The molecule has 259 valence electrons. The fourth-order valence-electron chi connectivity index (χ4n) is 6.78. The SMILES string of the molecule is CC1(c2ccc(Cl)cc2F)Oc2c(F)ccc(C3CCN(Cc4nc5cc(-c6n[nH]c(C(F)(F)F)n6)ncc5n4C[C@]4([Si])CCO4)CC3)c2O1. The van der Waals surface area contributed by atoms with E-state index in [1.54, 1.807) is 25.3 Å². The van der Waals surface area contributed by atoms with Crippen LogP contribution in [0.15, 0.2) is 42.6 Å². The number of benzene rings is 2. The number of imidazole rings is 1. The lowest BCUT2D eigenvalue weighted by atomic mass is 9.88. The van der Waals surface area contributed by atoms with Gasteiger partial charge in [-0.25, -0.2) is 18.7 Å². The van der Waals surface area contributed by atoms with Gasteiger partial charge < -0.3 is 18.8 Å². The van der Waals surface area contributed by atoms with Crippen LogP contribution >= 0.6 is 11.6 Å². The van der Waals surface area contributed by atoms with Crippen molar-refractivity contribution in [3.05, 3.63) is 82.0 Å². The number of pyridine rings is 1. The first-order chi connectivity index (χ1) is 23.8. The number of aromatic amines is 1. The second kappa shape index (κ2) is 12.0. The monoisotopic (exact) mass is 728 g/mol. The number of H-pyrrole nitrogens is 1. The summed E-state index contributed by atoms with van der Waals surface area (Å²) in [7, 11) is 3.75. The van der Waals surface area contributed by atoms with Crippen LogP contribution in [0.25, 0.3) is 22.6 Å². The van der Waals surface area contributed by atoms with E-state index in [1.807, 2.05) is 9.67 Å². The van der Waals surface area contributed by atoms with Crippen LogP contribution in [-0.4, -0.2) is 69.8 Å². The predicted molar refractivity (Wildman–Crippen MR) is 171 cm³/mol. The summed E-state index contributed by atoms with van der Waals surface area (Å²) in [5.74, 6) is -3.22. The van der Waals surface area contributed by atoms with Crippen LogP contribution in [0.4, 0.5) is 22.0 Å². The van der Waals surface area contributed by atoms with Crippen molar-refractivity contribution in [2.24, 2.45) is 0 Å². The van der Waals surface area contributed by atoms with E-state index >= 15 is 4.39 Å². The molecule has 1 unspecified atom stereocenters. The third kappa shape index (κ3) is 5.91. The molecule has 17 heteroatoms. The van der Waals surface area contributed by atoms with E-state index in [2.05, 4.69) is 30.2 Å². The maximum absolute atomic E-state index is 15.0. The van der Waals surface area contributed by atoms with Crippen LogP contribution in [-0.2, 0) is 29.8 Å². The first kappa shape index (κ1) is 33.0. The average Bonchev–Trinajstić information content (AvgIpc) is 3.77. The second-order valence-corrected chi connectivity index (χ2v) is 14.2. The zero-order valence-electron chi connectivity index (χ0n) is 26.5. The molecule has 8 rings (SSSR count). The minimum absolute atomic E-state index is 0.0176. The van der Waals surface area contributed by atoms with E-state index < -0.39 is 34.6 Å². The van der Waals surface area contributed by atoms with Crippen molar-refractivity contribution in [2.75, 3.05) is 19.7 Å². The smallest absolute Gasteiger partial charge is 0.444 e. The Balaban J connectivity index is 1.02. The molecule has 0 bridgehead atoms. The Morgan fingerprint density at radius 1 is 1.04 bits per heavy atom. The van der Waals surface area contributed by atoms with E-state index in [0.717, 1.165) is 36.7 Å². The summed E-state index contributed by atoms with van der Waals surface area (Å²) in [4.78, 5) is 15.1. The number of halogens is 6. The third-order valence-corrected chi connectivity index (χ3v) is 10.3. The van der Waals surface area contributed by atoms with Gasteiger partial charge in [-0.05, 0) is 68.6 Å². The Morgan fingerprint density at radius 3 is 2.48 bits per heavy atom. The molecule has 3 aromatic heterocycles. The molecular weight excluding hydrogens is 701 g/mol. The molecule has 2 aromatic carbocycles. The molecular formula is C33H28ClF5N7O3Si. The number of rotatable bonds is 7. The molecule has 2 fully saturated rings. The molecule has 5 aromatic rings. The Bertz CT molecular complexity index is 2120. The molecule has 2 saturated heterocycles. The Kier molecular flexibility index (Phi) is 7.93. The van der Waals surface area contributed by atoms with E-state index in [9.17, 15) is 17.6 Å². The van der Waals surface area contributed by atoms with Crippen LogP contribution in [0.3, 0.4) is 0 Å². The van der Waals surface area contributed by atoms with Crippen LogP contribution in [0, 0.1) is 11.6 Å².